The van der Waals surface area contributed by atoms with E-state index in [2.05, 4.69) is 29.0 Å². The van der Waals surface area contributed by atoms with E-state index < -0.39 is 0 Å². The highest BCUT2D eigenvalue weighted by Crippen LogP contribution is 2.32. The Bertz CT molecular complexity index is 984. The SMILES string of the molecule is Cc1nc(C(C)C)sc1C(C)N(C)C(=O)c1cccn2c(=O)[nH]nc12. The van der Waals surface area contributed by atoms with Crippen LogP contribution in [0.4, 0.5) is 0 Å². The molecule has 7 nitrogen and oxygen atoms in total. The fraction of sp³-hybridized carbons (Fsp3) is 0.412. The predicted octanol–water partition coefficient (Wildman–Crippen LogP) is 2.74. The molecule has 3 aromatic heterocycles. The molecular weight excluding hydrogens is 338 g/mol. The first-order valence-electron chi connectivity index (χ1n) is 8.11. The van der Waals surface area contributed by atoms with Crippen LogP contribution in [0.1, 0.15) is 58.7 Å². The van der Waals surface area contributed by atoms with Crippen molar-refractivity contribution in [1.29, 1.82) is 0 Å². The van der Waals surface area contributed by atoms with Gasteiger partial charge >= 0.3 is 5.69 Å². The average Bonchev–Trinajstić information content (AvgIpc) is 3.16. The molecule has 0 aromatic carbocycles. The lowest BCUT2D eigenvalue weighted by molar-refractivity contribution is 0.0746. The molecule has 0 radical (unpaired) electrons. The number of H-pyrrole nitrogens is 1. The highest BCUT2D eigenvalue weighted by molar-refractivity contribution is 7.11. The Kier molecular flexibility index (Phi) is 4.47. The van der Waals surface area contributed by atoms with Crippen molar-refractivity contribution < 1.29 is 4.79 Å². The lowest BCUT2D eigenvalue weighted by Crippen LogP contribution is -2.30. The van der Waals surface area contributed by atoms with Crippen molar-refractivity contribution in [2.75, 3.05) is 7.05 Å². The van der Waals surface area contributed by atoms with Gasteiger partial charge in [0.15, 0.2) is 5.65 Å². The Morgan fingerprint density at radius 1 is 1.36 bits per heavy atom. The second-order valence-corrected chi connectivity index (χ2v) is 7.45. The van der Waals surface area contributed by atoms with E-state index >= 15 is 0 Å². The number of rotatable bonds is 4. The van der Waals surface area contributed by atoms with E-state index in [1.807, 2.05) is 13.8 Å². The van der Waals surface area contributed by atoms with Gasteiger partial charge in [-0.15, -0.1) is 11.3 Å². The summed E-state index contributed by atoms with van der Waals surface area (Å²) in [6.45, 7) is 8.18. The molecule has 3 aromatic rings. The predicted molar refractivity (Wildman–Crippen MR) is 97.3 cm³/mol. The van der Waals surface area contributed by atoms with E-state index in [-0.39, 0.29) is 17.6 Å². The van der Waals surface area contributed by atoms with Gasteiger partial charge in [0, 0.05) is 24.0 Å². The molecular formula is C17H21N5O2S. The van der Waals surface area contributed by atoms with Gasteiger partial charge in [-0.1, -0.05) is 13.8 Å². The minimum atomic E-state index is -0.361. The fourth-order valence-corrected chi connectivity index (χ4v) is 3.87. The number of thiazole rings is 1. The van der Waals surface area contributed by atoms with Gasteiger partial charge in [0.2, 0.25) is 0 Å². The van der Waals surface area contributed by atoms with Gasteiger partial charge in [0.25, 0.3) is 5.91 Å². The molecule has 8 heteroatoms. The molecule has 1 N–H and O–H groups in total. The van der Waals surface area contributed by atoms with E-state index in [0.717, 1.165) is 15.6 Å². The van der Waals surface area contributed by atoms with Crippen molar-refractivity contribution >= 4 is 22.9 Å². The van der Waals surface area contributed by atoms with Crippen molar-refractivity contribution in [3.63, 3.8) is 0 Å². The minimum absolute atomic E-state index is 0.122. The molecule has 1 amide bonds. The number of carbonyl (C=O) groups is 1. The summed E-state index contributed by atoms with van der Waals surface area (Å²) in [5, 5.41) is 7.41. The van der Waals surface area contributed by atoms with Gasteiger partial charge in [0.1, 0.15) is 0 Å². The van der Waals surface area contributed by atoms with Gasteiger partial charge in [-0.3, -0.25) is 4.79 Å². The summed E-state index contributed by atoms with van der Waals surface area (Å²) in [7, 11) is 1.76. The number of nitrogens with zero attached hydrogens (tertiary/aromatic N) is 4. The van der Waals surface area contributed by atoms with Crippen LogP contribution < -0.4 is 5.69 Å². The van der Waals surface area contributed by atoms with E-state index in [1.54, 1.807) is 41.6 Å². The maximum absolute atomic E-state index is 13.0. The van der Waals surface area contributed by atoms with Crippen LogP contribution in [0.2, 0.25) is 0 Å². The Balaban J connectivity index is 1.95. The van der Waals surface area contributed by atoms with Crippen LogP contribution in [0.15, 0.2) is 23.1 Å². The van der Waals surface area contributed by atoms with Gasteiger partial charge in [-0.05, 0) is 26.0 Å². The number of hydrogen-bond donors (Lipinski definition) is 1. The highest BCUT2D eigenvalue weighted by atomic mass is 32.1. The van der Waals surface area contributed by atoms with Gasteiger partial charge < -0.3 is 4.90 Å². The number of amides is 1. The number of aromatic nitrogens is 4. The molecule has 0 fully saturated rings. The van der Waals surface area contributed by atoms with E-state index in [4.69, 9.17) is 0 Å². The van der Waals surface area contributed by atoms with Gasteiger partial charge in [-0.25, -0.2) is 19.3 Å². The van der Waals surface area contributed by atoms with Crippen LogP contribution in [0, 0.1) is 6.92 Å². The highest BCUT2D eigenvalue weighted by Gasteiger charge is 2.25. The molecule has 0 saturated carbocycles. The lowest BCUT2D eigenvalue weighted by Gasteiger charge is -2.24. The summed E-state index contributed by atoms with van der Waals surface area (Å²) in [5.41, 5.74) is 1.32. The van der Waals surface area contributed by atoms with Gasteiger partial charge in [0.05, 0.1) is 22.3 Å². The summed E-state index contributed by atoms with van der Waals surface area (Å²) in [6, 6.07) is 3.23. The second-order valence-electron chi connectivity index (χ2n) is 6.39. The van der Waals surface area contributed by atoms with Crippen molar-refractivity contribution in [3.05, 3.63) is 50.0 Å². The van der Waals surface area contributed by atoms with Crippen molar-refractivity contribution in [2.24, 2.45) is 0 Å². The number of aromatic amines is 1. The van der Waals surface area contributed by atoms with Crippen LogP contribution in [-0.4, -0.2) is 37.4 Å². The van der Waals surface area contributed by atoms with E-state index in [9.17, 15) is 9.59 Å². The first kappa shape index (κ1) is 17.3. The number of aryl methyl sites for hydroxylation is 1. The smallest absolute Gasteiger partial charge is 0.334 e. The first-order chi connectivity index (χ1) is 11.8. The quantitative estimate of drug-likeness (QED) is 0.776. The first-order valence-corrected chi connectivity index (χ1v) is 8.93. The van der Waals surface area contributed by atoms with Crippen LogP contribution in [0.25, 0.3) is 5.65 Å². The molecule has 25 heavy (non-hydrogen) atoms. The molecule has 0 aliphatic carbocycles. The largest absolute Gasteiger partial charge is 0.347 e. The summed E-state index contributed by atoms with van der Waals surface area (Å²) in [6.07, 6.45) is 1.59. The van der Waals surface area contributed by atoms with Crippen molar-refractivity contribution in [3.8, 4) is 0 Å². The van der Waals surface area contributed by atoms with Crippen LogP contribution >= 0.6 is 11.3 Å². The summed E-state index contributed by atoms with van der Waals surface area (Å²) < 4.78 is 1.33. The zero-order valence-electron chi connectivity index (χ0n) is 14.9. The number of hydrogen-bond acceptors (Lipinski definition) is 5. The normalized spacial score (nSPS) is 12.7. The average molecular weight is 359 g/mol. The lowest BCUT2D eigenvalue weighted by atomic mass is 10.1. The third-order valence-electron chi connectivity index (χ3n) is 4.30. The monoisotopic (exact) mass is 359 g/mol. The van der Waals surface area contributed by atoms with Crippen LogP contribution in [-0.2, 0) is 0 Å². The molecule has 1 atom stereocenters. The Hall–Kier alpha value is -2.48. The fourth-order valence-electron chi connectivity index (χ4n) is 2.71. The third kappa shape index (κ3) is 2.97. The maximum atomic E-state index is 13.0. The third-order valence-corrected chi connectivity index (χ3v) is 5.93. The summed E-state index contributed by atoms with van der Waals surface area (Å²) >= 11 is 1.64. The van der Waals surface area contributed by atoms with Crippen molar-refractivity contribution in [1.82, 2.24) is 24.5 Å². The Labute approximate surface area is 149 Å². The molecule has 3 rings (SSSR count). The molecule has 0 bridgehead atoms. The van der Waals surface area contributed by atoms with Crippen molar-refractivity contribution in [2.45, 2.75) is 39.7 Å². The topological polar surface area (TPSA) is 83.4 Å². The molecule has 0 aliphatic heterocycles. The molecule has 0 saturated heterocycles. The zero-order valence-corrected chi connectivity index (χ0v) is 15.7. The van der Waals surface area contributed by atoms with Crippen LogP contribution in [0.3, 0.4) is 0 Å². The standard InChI is InChI=1S/C17H21N5O2S/c1-9(2)15-18-10(3)13(25-15)11(4)21(5)16(23)12-7-6-8-22-14(12)19-20-17(22)24/h6-9,11H,1-5H3,(H,20,24). The number of carbonyl (C=O) groups excluding carboxylic acids is 1. The summed E-state index contributed by atoms with van der Waals surface area (Å²) in [5.74, 6) is 0.173. The number of pyridine rings is 1. The van der Waals surface area contributed by atoms with Crippen LogP contribution in [0.5, 0.6) is 0 Å². The number of nitrogens with one attached hydrogen (secondary N) is 1. The van der Waals surface area contributed by atoms with E-state index in [1.165, 1.54) is 4.40 Å². The van der Waals surface area contributed by atoms with Gasteiger partial charge in [-0.2, -0.15) is 5.10 Å². The zero-order chi connectivity index (χ0) is 18.3. The van der Waals surface area contributed by atoms with E-state index in [0.29, 0.717) is 17.1 Å². The Morgan fingerprint density at radius 3 is 2.72 bits per heavy atom. The minimum Gasteiger partial charge on any atom is -0.334 e. The Morgan fingerprint density at radius 2 is 2.08 bits per heavy atom. The molecule has 1 unspecified atom stereocenters. The molecule has 0 spiro atoms. The second kappa shape index (κ2) is 6.44. The maximum Gasteiger partial charge on any atom is 0.347 e. The number of fused-ring (bicyclic) bond motifs is 1. The molecule has 0 aliphatic rings. The summed E-state index contributed by atoms with van der Waals surface area (Å²) in [4.78, 5) is 32.0. The molecule has 132 valence electrons. The molecule has 3 heterocycles.